The standard InChI is InChI=1S/C21H17FN2O4S/c1-13-19(29-20(23-13)15-7-9-16(22)10-8-15)21(27)28-12-18(26)24-17(25)11-14-5-3-2-4-6-14/h2-10H,11-12H2,1H3,(H,24,25,26). The van der Waals surface area contributed by atoms with Gasteiger partial charge in [-0.15, -0.1) is 11.3 Å². The Hall–Kier alpha value is -3.39. The molecule has 3 rings (SSSR count). The summed E-state index contributed by atoms with van der Waals surface area (Å²) in [6, 6.07) is 14.7. The van der Waals surface area contributed by atoms with Crippen LogP contribution in [0.5, 0.6) is 0 Å². The highest BCUT2D eigenvalue weighted by Gasteiger charge is 2.19. The van der Waals surface area contributed by atoms with Gasteiger partial charge in [-0.3, -0.25) is 14.9 Å². The van der Waals surface area contributed by atoms with E-state index < -0.39 is 24.4 Å². The van der Waals surface area contributed by atoms with Crippen LogP contribution in [0.15, 0.2) is 54.6 Å². The fourth-order valence-electron chi connectivity index (χ4n) is 2.52. The molecule has 0 aliphatic rings. The monoisotopic (exact) mass is 412 g/mol. The number of aryl methyl sites for hydroxylation is 1. The number of ether oxygens (including phenoxy) is 1. The summed E-state index contributed by atoms with van der Waals surface area (Å²) in [5.41, 5.74) is 1.88. The molecule has 0 fully saturated rings. The summed E-state index contributed by atoms with van der Waals surface area (Å²) < 4.78 is 18.0. The molecule has 1 aromatic heterocycles. The smallest absolute Gasteiger partial charge is 0.350 e. The molecule has 1 N–H and O–H groups in total. The van der Waals surface area contributed by atoms with E-state index in [9.17, 15) is 18.8 Å². The molecular weight excluding hydrogens is 395 g/mol. The average molecular weight is 412 g/mol. The van der Waals surface area contributed by atoms with Crippen LogP contribution in [0.25, 0.3) is 10.6 Å². The number of aromatic nitrogens is 1. The summed E-state index contributed by atoms with van der Waals surface area (Å²) in [6.07, 6.45) is 0.0511. The van der Waals surface area contributed by atoms with Crippen LogP contribution >= 0.6 is 11.3 Å². The molecule has 1 heterocycles. The van der Waals surface area contributed by atoms with Gasteiger partial charge in [0, 0.05) is 5.56 Å². The highest BCUT2D eigenvalue weighted by molar-refractivity contribution is 7.17. The molecule has 0 aliphatic heterocycles. The molecule has 0 unspecified atom stereocenters. The number of hydrogen-bond donors (Lipinski definition) is 1. The van der Waals surface area contributed by atoms with Crippen molar-refractivity contribution < 1.29 is 23.5 Å². The predicted molar refractivity (Wildman–Crippen MR) is 106 cm³/mol. The van der Waals surface area contributed by atoms with Crippen molar-refractivity contribution in [2.24, 2.45) is 0 Å². The molecule has 0 radical (unpaired) electrons. The molecule has 2 amide bonds. The van der Waals surface area contributed by atoms with Crippen LogP contribution in [-0.2, 0) is 20.7 Å². The Balaban J connectivity index is 1.54. The van der Waals surface area contributed by atoms with E-state index in [0.717, 1.165) is 16.9 Å². The Morgan fingerprint density at radius 3 is 2.41 bits per heavy atom. The minimum atomic E-state index is -0.709. The molecular formula is C21H17FN2O4S. The molecule has 0 atom stereocenters. The Morgan fingerprint density at radius 2 is 1.72 bits per heavy atom. The number of halogens is 1. The minimum Gasteiger partial charge on any atom is -0.451 e. The van der Waals surface area contributed by atoms with Gasteiger partial charge in [0.25, 0.3) is 5.91 Å². The van der Waals surface area contributed by atoms with Crippen molar-refractivity contribution in [2.75, 3.05) is 6.61 Å². The topological polar surface area (TPSA) is 85.4 Å². The largest absolute Gasteiger partial charge is 0.451 e. The average Bonchev–Trinajstić information content (AvgIpc) is 3.09. The molecule has 8 heteroatoms. The van der Waals surface area contributed by atoms with Gasteiger partial charge in [0.1, 0.15) is 15.7 Å². The lowest BCUT2D eigenvalue weighted by Gasteiger charge is -2.05. The normalized spacial score (nSPS) is 10.4. The zero-order valence-electron chi connectivity index (χ0n) is 15.5. The van der Waals surface area contributed by atoms with Crippen molar-refractivity contribution in [3.63, 3.8) is 0 Å². The van der Waals surface area contributed by atoms with E-state index in [0.29, 0.717) is 16.3 Å². The molecule has 0 saturated carbocycles. The number of rotatable bonds is 6. The third kappa shape index (κ3) is 5.55. The first-order valence-electron chi connectivity index (χ1n) is 8.69. The van der Waals surface area contributed by atoms with E-state index in [4.69, 9.17) is 4.74 Å². The number of hydrogen-bond acceptors (Lipinski definition) is 6. The van der Waals surface area contributed by atoms with Crippen LogP contribution in [-0.4, -0.2) is 29.4 Å². The molecule has 0 saturated heterocycles. The van der Waals surface area contributed by atoms with Gasteiger partial charge < -0.3 is 4.74 Å². The van der Waals surface area contributed by atoms with E-state index >= 15 is 0 Å². The summed E-state index contributed by atoms with van der Waals surface area (Å²) in [5.74, 6) is -2.27. The Morgan fingerprint density at radius 1 is 1.03 bits per heavy atom. The maximum absolute atomic E-state index is 13.1. The zero-order chi connectivity index (χ0) is 20.8. The first-order chi connectivity index (χ1) is 13.9. The van der Waals surface area contributed by atoms with Crippen LogP contribution in [0, 0.1) is 12.7 Å². The van der Waals surface area contributed by atoms with E-state index in [-0.39, 0.29) is 17.1 Å². The van der Waals surface area contributed by atoms with Gasteiger partial charge in [-0.05, 0) is 36.8 Å². The van der Waals surface area contributed by atoms with E-state index in [1.165, 1.54) is 12.1 Å². The number of nitrogens with zero attached hydrogens (tertiary/aromatic N) is 1. The second kappa shape index (κ2) is 9.20. The highest BCUT2D eigenvalue weighted by atomic mass is 32.1. The molecule has 29 heavy (non-hydrogen) atoms. The maximum atomic E-state index is 13.1. The van der Waals surface area contributed by atoms with Crippen molar-refractivity contribution in [2.45, 2.75) is 13.3 Å². The minimum absolute atomic E-state index is 0.0511. The van der Waals surface area contributed by atoms with Crippen molar-refractivity contribution in [3.05, 3.63) is 76.5 Å². The lowest BCUT2D eigenvalue weighted by molar-refractivity contribution is -0.132. The molecule has 148 valence electrons. The van der Waals surface area contributed by atoms with Crippen molar-refractivity contribution >= 4 is 29.1 Å². The fourth-order valence-corrected chi connectivity index (χ4v) is 3.48. The van der Waals surface area contributed by atoms with Gasteiger partial charge >= 0.3 is 5.97 Å². The summed E-state index contributed by atoms with van der Waals surface area (Å²) in [6.45, 7) is 1.06. The molecule has 6 nitrogen and oxygen atoms in total. The molecule has 2 aromatic carbocycles. The zero-order valence-corrected chi connectivity index (χ0v) is 16.3. The molecule has 3 aromatic rings. The highest BCUT2D eigenvalue weighted by Crippen LogP contribution is 2.28. The van der Waals surface area contributed by atoms with Gasteiger partial charge in [-0.1, -0.05) is 30.3 Å². The van der Waals surface area contributed by atoms with Crippen LogP contribution < -0.4 is 5.32 Å². The number of carbonyl (C=O) groups is 3. The number of nitrogens with one attached hydrogen (secondary N) is 1. The number of imide groups is 1. The molecule has 0 bridgehead atoms. The second-order valence-electron chi connectivity index (χ2n) is 6.15. The van der Waals surface area contributed by atoms with E-state index in [1.807, 2.05) is 6.07 Å². The van der Waals surface area contributed by atoms with Gasteiger partial charge in [-0.2, -0.15) is 0 Å². The molecule has 0 aliphatic carbocycles. The summed E-state index contributed by atoms with van der Waals surface area (Å²) >= 11 is 1.09. The third-order valence-electron chi connectivity index (χ3n) is 3.89. The molecule has 0 spiro atoms. The number of amides is 2. The van der Waals surface area contributed by atoms with E-state index in [1.54, 1.807) is 43.3 Å². The SMILES string of the molecule is Cc1nc(-c2ccc(F)cc2)sc1C(=O)OCC(=O)NC(=O)Cc1ccccc1. The Bertz CT molecular complexity index is 1030. The van der Waals surface area contributed by atoms with E-state index in [2.05, 4.69) is 10.3 Å². The third-order valence-corrected chi connectivity index (χ3v) is 5.08. The van der Waals surface area contributed by atoms with Gasteiger partial charge in [0.15, 0.2) is 6.61 Å². The van der Waals surface area contributed by atoms with Crippen LogP contribution in [0.2, 0.25) is 0 Å². The van der Waals surface area contributed by atoms with Crippen molar-refractivity contribution in [3.8, 4) is 10.6 Å². The number of carbonyl (C=O) groups excluding carboxylic acids is 3. The van der Waals surface area contributed by atoms with Gasteiger partial charge in [0.2, 0.25) is 5.91 Å². The Kier molecular flexibility index (Phi) is 6.46. The predicted octanol–water partition coefficient (Wildman–Crippen LogP) is 3.30. The number of thiazole rings is 1. The quantitative estimate of drug-likeness (QED) is 0.628. The Labute approximate surface area is 170 Å². The van der Waals surface area contributed by atoms with Crippen LogP contribution in [0.4, 0.5) is 4.39 Å². The van der Waals surface area contributed by atoms with Gasteiger partial charge in [0.05, 0.1) is 12.1 Å². The van der Waals surface area contributed by atoms with Gasteiger partial charge in [-0.25, -0.2) is 14.2 Å². The lowest BCUT2D eigenvalue weighted by atomic mass is 10.1. The fraction of sp³-hybridized carbons (Fsp3) is 0.143. The van der Waals surface area contributed by atoms with Crippen molar-refractivity contribution in [1.82, 2.24) is 10.3 Å². The first kappa shape index (κ1) is 20.3. The summed E-state index contributed by atoms with van der Waals surface area (Å²) in [5, 5.41) is 2.72. The van der Waals surface area contributed by atoms with Crippen LogP contribution in [0.1, 0.15) is 20.9 Å². The first-order valence-corrected chi connectivity index (χ1v) is 9.51. The lowest BCUT2D eigenvalue weighted by Crippen LogP contribution is -2.35. The summed E-state index contributed by atoms with van der Waals surface area (Å²) in [4.78, 5) is 40.5. The second-order valence-corrected chi connectivity index (χ2v) is 7.15. The maximum Gasteiger partial charge on any atom is 0.350 e. The van der Waals surface area contributed by atoms with Crippen molar-refractivity contribution in [1.29, 1.82) is 0 Å². The number of benzene rings is 2. The number of esters is 1. The van der Waals surface area contributed by atoms with Crippen LogP contribution in [0.3, 0.4) is 0 Å². The summed E-state index contributed by atoms with van der Waals surface area (Å²) in [7, 11) is 0.